The summed E-state index contributed by atoms with van der Waals surface area (Å²) >= 11 is 6.24. The zero-order chi connectivity index (χ0) is 13.2. The fourth-order valence-corrected chi connectivity index (χ4v) is 2.49. The summed E-state index contributed by atoms with van der Waals surface area (Å²) < 4.78 is 5.87. The average molecular weight is 272 g/mol. The van der Waals surface area contributed by atoms with E-state index in [9.17, 15) is 0 Å². The number of aromatic nitrogens is 1. The molecule has 3 rings (SSSR count). The monoisotopic (exact) mass is 271 g/mol. The first-order chi connectivity index (χ1) is 9.25. The van der Waals surface area contributed by atoms with E-state index in [1.54, 1.807) is 0 Å². The van der Waals surface area contributed by atoms with Crippen molar-refractivity contribution in [2.24, 2.45) is 0 Å². The largest absolute Gasteiger partial charge is 0.489 e. The van der Waals surface area contributed by atoms with Crippen LogP contribution in [0, 0.1) is 6.92 Å². The molecule has 96 valence electrons. The van der Waals surface area contributed by atoms with Gasteiger partial charge in [0.15, 0.2) is 0 Å². The second-order valence-corrected chi connectivity index (χ2v) is 4.94. The van der Waals surface area contributed by atoms with Crippen LogP contribution in [0.15, 0.2) is 48.7 Å². The van der Waals surface area contributed by atoms with E-state index in [1.807, 2.05) is 55.6 Å². The molecule has 0 aliphatic carbocycles. The predicted molar refractivity (Wildman–Crippen MR) is 78.8 cm³/mol. The van der Waals surface area contributed by atoms with Crippen LogP contribution in [0.5, 0.6) is 5.75 Å². The molecule has 0 spiro atoms. The van der Waals surface area contributed by atoms with Gasteiger partial charge in [0.25, 0.3) is 0 Å². The van der Waals surface area contributed by atoms with Gasteiger partial charge in [-0.1, -0.05) is 35.9 Å². The van der Waals surface area contributed by atoms with Gasteiger partial charge in [-0.3, -0.25) is 0 Å². The highest BCUT2D eigenvalue weighted by Gasteiger charge is 2.08. The summed E-state index contributed by atoms with van der Waals surface area (Å²) in [7, 11) is 0. The Kier molecular flexibility index (Phi) is 3.18. The van der Waals surface area contributed by atoms with E-state index in [0.717, 1.165) is 32.8 Å². The van der Waals surface area contributed by atoms with Crippen LogP contribution in [0.1, 0.15) is 11.1 Å². The number of aryl methyl sites for hydroxylation is 1. The molecule has 3 aromatic rings. The maximum absolute atomic E-state index is 6.24. The minimum absolute atomic E-state index is 0.509. The molecular formula is C16H14ClNO. The summed E-state index contributed by atoms with van der Waals surface area (Å²) in [6.45, 7) is 2.55. The molecule has 2 aromatic carbocycles. The molecule has 0 atom stereocenters. The van der Waals surface area contributed by atoms with E-state index in [1.165, 1.54) is 0 Å². The molecule has 1 aromatic heterocycles. The Bertz CT molecular complexity index is 718. The van der Waals surface area contributed by atoms with Crippen LogP contribution in [0.2, 0.25) is 5.02 Å². The summed E-state index contributed by atoms with van der Waals surface area (Å²) in [6, 6.07) is 13.8. The third-order valence-electron chi connectivity index (χ3n) is 3.21. The summed E-state index contributed by atoms with van der Waals surface area (Å²) in [4.78, 5) is 3.22. The topological polar surface area (TPSA) is 25.0 Å². The number of hydrogen-bond acceptors (Lipinski definition) is 1. The molecule has 0 saturated heterocycles. The van der Waals surface area contributed by atoms with Gasteiger partial charge in [0.2, 0.25) is 0 Å². The van der Waals surface area contributed by atoms with E-state index < -0.39 is 0 Å². The summed E-state index contributed by atoms with van der Waals surface area (Å²) in [5.74, 6) is 0.906. The number of fused-ring (bicyclic) bond motifs is 1. The lowest BCUT2D eigenvalue weighted by atomic mass is 10.2. The number of ether oxygens (including phenoxy) is 1. The van der Waals surface area contributed by atoms with E-state index >= 15 is 0 Å². The van der Waals surface area contributed by atoms with Crippen LogP contribution in [0.25, 0.3) is 10.9 Å². The highest BCUT2D eigenvalue weighted by atomic mass is 35.5. The molecule has 0 unspecified atom stereocenters. The zero-order valence-electron chi connectivity index (χ0n) is 10.6. The standard InChI is InChI=1S/C16H14ClNO/c1-11-5-2-3-8-15(11)19-10-12-9-18-14-7-4-6-13(17)16(12)14/h2-9,18H,10H2,1H3. The molecule has 0 bridgehead atoms. The average Bonchev–Trinajstić information content (AvgIpc) is 2.83. The highest BCUT2D eigenvalue weighted by Crippen LogP contribution is 2.27. The van der Waals surface area contributed by atoms with Crippen molar-refractivity contribution in [3.8, 4) is 5.75 Å². The second kappa shape index (κ2) is 4.98. The van der Waals surface area contributed by atoms with Gasteiger partial charge >= 0.3 is 0 Å². The lowest BCUT2D eigenvalue weighted by Gasteiger charge is -2.08. The van der Waals surface area contributed by atoms with E-state index in [4.69, 9.17) is 16.3 Å². The van der Waals surface area contributed by atoms with Crippen molar-refractivity contribution in [1.82, 2.24) is 4.98 Å². The molecule has 0 amide bonds. The van der Waals surface area contributed by atoms with E-state index in [0.29, 0.717) is 6.61 Å². The number of rotatable bonds is 3. The third-order valence-corrected chi connectivity index (χ3v) is 3.53. The molecule has 0 radical (unpaired) electrons. The Hall–Kier alpha value is -1.93. The summed E-state index contributed by atoms with van der Waals surface area (Å²) in [6.07, 6.45) is 1.95. The Morgan fingerprint density at radius 3 is 2.79 bits per heavy atom. The normalized spacial score (nSPS) is 10.8. The van der Waals surface area contributed by atoms with Crippen LogP contribution in [-0.2, 0) is 6.61 Å². The zero-order valence-corrected chi connectivity index (χ0v) is 11.4. The SMILES string of the molecule is Cc1ccccc1OCc1c[nH]c2cccc(Cl)c12. The Morgan fingerprint density at radius 1 is 1.11 bits per heavy atom. The van der Waals surface area contributed by atoms with Gasteiger partial charge in [0.05, 0.1) is 5.02 Å². The Labute approximate surface area is 117 Å². The molecule has 2 nitrogen and oxygen atoms in total. The minimum Gasteiger partial charge on any atom is -0.489 e. The highest BCUT2D eigenvalue weighted by molar-refractivity contribution is 6.35. The van der Waals surface area contributed by atoms with Crippen molar-refractivity contribution >= 4 is 22.5 Å². The van der Waals surface area contributed by atoms with Gasteiger partial charge in [-0.2, -0.15) is 0 Å². The number of benzene rings is 2. The van der Waals surface area contributed by atoms with Crippen molar-refractivity contribution < 1.29 is 4.74 Å². The first kappa shape index (κ1) is 12.1. The quantitative estimate of drug-likeness (QED) is 0.733. The number of para-hydroxylation sites is 1. The second-order valence-electron chi connectivity index (χ2n) is 4.53. The third kappa shape index (κ3) is 2.32. The van der Waals surface area contributed by atoms with Gasteiger partial charge in [0.1, 0.15) is 12.4 Å². The van der Waals surface area contributed by atoms with Gasteiger partial charge in [-0.25, -0.2) is 0 Å². The minimum atomic E-state index is 0.509. The van der Waals surface area contributed by atoms with Crippen molar-refractivity contribution in [2.75, 3.05) is 0 Å². The summed E-state index contributed by atoms with van der Waals surface area (Å²) in [5, 5.41) is 1.79. The van der Waals surface area contributed by atoms with E-state index in [-0.39, 0.29) is 0 Å². The van der Waals surface area contributed by atoms with Crippen molar-refractivity contribution in [2.45, 2.75) is 13.5 Å². The number of hydrogen-bond donors (Lipinski definition) is 1. The van der Waals surface area contributed by atoms with Gasteiger partial charge in [-0.05, 0) is 30.7 Å². The molecule has 19 heavy (non-hydrogen) atoms. The molecule has 0 fully saturated rings. The van der Waals surface area contributed by atoms with Crippen LogP contribution >= 0.6 is 11.6 Å². The maximum atomic E-state index is 6.24. The van der Waals surface area contributed by atoms with Gasteiger partial charge in [0, 0.05) is 22.7 Å². The lowest BCUT2D eigenvalue weighted by Crippen LogP contribution is -1.96. The Morgan fingerprint density at radius 2 is 1.95 bits per heavy atom. The van der Waals surface area contributed by atoms with Crippen LogP contribution in [0.4, 0.5) is 0 Å². The number of halogens is 1. The first-order valence-electron chi connectivity index (χ1n) is 6.18. The molecule has 0 saturated carbocycles. The lowest BCUT2D eigenvalue weighted by molar-refractivity contribution is 0.305. The number of H-pyrrole nitrogens is 1. The van der Waals surface area contributed by atoms with Crippen LogP contribution < -0.4 is 4.74 Å². The fraction of sp³-hybridized carbons (Fsp3) is 0.125. The molecule has 3 heteroatoms. The van der Waals surface area contributed by atoms with Crippen molar-refractivity contribution in [3.05, 3.63) is 64.8 Å². The molecule has 1 N–H and O–H groups in total. The molecule has 0 aliphatic heterocycles. The number of nitrogens with one attached hydrogen (secondary N) is 1. The van der Waals surface area contributed by atoms with Crippen LogP contribution in [0.3, 0.4) is 0 Å². The fourth-order valence-electron chi connectivity index (χ4n) is 2.20. The predicted octanol–water partition coefficient (Wildman–Crippen LogP) is 4.71. The van der Waals surface area contributed by atoms with Crippen LogP contribution in [-0.4, -0.2) is 4.98 Å². The van der Waals surface area contributed by atoms with Crippen molar-refractivity contribution in [3.63, 3.8) is 0 Å². The number of aromatic amines is 1. The van der Waals surface area contributed by atoms with Gasteiger partial charge < -0.3 is 9.72 Å². The summed E-state index contributed by atoms with van der Waals surface area (Å²) in [5.41, 5.74) is 3.24. The maximum Gasteiger partial charge on any atom is 0.122 e. The molecule has 1 heterocycles. The Balaban J connectivity index is 1.89. The first-order valence-corrected chi connectivity index (χ1v) is 6.56. The molecular weight excluding hydrogens is 258 g/mol. The molecule has 0 aliphatic rings. The van der Waals surface area contributed by atoms with Crippen molar-refractivity contribution in [1.29, 1.82) is 0 Å². The smallest absolute Gasteiger partial charge is 0.122 e. The van der Waals surface area contributed by atoms with E-state index in [2.05, 4.69) is 4.98 Å². The van der Waals surface area contributed by atoms with Gasteiger partial charge in [-0.15, -0.1) is 0 Å².